The van der Waals surface area contributed by atoms with Crippen molar-refractivity contribution in [1.29, 1.82) is 0 Å². The molecule has 5 rings (SSSR count). The van der Waals surface area contributed by atoms with E-state index in [0.717, 1.165) is 11.1 Å². The highest BCUT2D eigenvalue weighted by atomic mass is 35.5. The van der Waals surface area contributed by atoms with E-state index in [9.17, 15) is 9.59 Å². The number of aromatic nitrogens is 4. The third-order valence-electron chi connectivity index (χ3n) is 5.27. The molecule has 1 N–H and O–H groups in total. The van der Waals surface area contributed by atoms with Gasteiger partial charge >= 0.3 is 0 Å². The van der Waals surface area contributed by atoms with Crippen molar-refractivity contribution in [2.75, 3.05) is 5.32 Å². The Balaban J connectivity index is 1.71. The van der Waals surface area contributed by atoms with Crippen LogP contribution in [0.4, 0.5) is 5.82 Å². The quantitative estimate of drug-likeness (QED) is 0.531. The van der Waals surface area contributed by atoms with Crippen molar-refractivity contribution in [2.24, 2.45) is 0 Å². The van der Waals surface area contributed by atoms with E-state index in [1.807, 2.05) is 19.9 Å². The van der Waals surface area contributed by atoms with Gasteiger partial charge in [-0.2, -0.15) is 9.78 Å². The van der Waals surface area contributed by atoms with Gasteiger partial charge in [0.2, 0.25) is 5.91 Å². The van der Waals surface area contributed by atoms with Crippen molar-refractivity contribution in [2.45, 2.75) is 26.2 Å². The topological polar surface area (TPSA) is 103 Å². The van der Waals surface area contributed by atoms with Crippen molar-refractivity contribution in [1.82, 2.24) is 20.0 Å². The number of anilines is 1. The number of nitrogens with one attached hydrogen (secondary N) is 1. The van der Waals surface area contributed by atoms with E-state index in [1.54, 1.807) is 24.3 Å². The van der Waals surface area contributed by atoms with Gasteiger partial charge in [0, 0.05) is 23.5 Å². The van der Waals surface area contributed by atoms with Gasteiger partial charge in [0.25, 0.3) is 0 Å². The molecule has 4 heterocycles. The number of carbonyl (C=O) groups is 1. The molecule has 0 spiro atoms. The Morgan fingerprint density at radius 1 is 1.17 bits per heavy atom. The molecule has 0 fully saturated rings. The largest absolute Gasteiger partial charge is 0.464 e. The Labute approximate surface area is 175 Å². The van der Waals surface area contributed by atoms with Gasteiger partial charge in [0.15, 0.2) is 16.4 Å². The number of rotatable bonds is 2. The van der Waals surface area contributed by atoms with E-state index in [-0.39, 0.29) is 22.9 Å². The summed E-state index contributed by atoms with van der Waals surface area (Å²) in [5, 5.41) is 16.0. The van der Waals surface area contributed by atoms with Crippen LogP contribution in [0.25, 0.3) is 16.8 Å². The van der Waals surface area contributed by atoms with Crippen LogP contribution < -0.4 is 10.7 Å². The molecule has 0 radical (unpaired) electrons. The molecule has 1 aliphatic rings. The first-order chi connectivity index (χ1) is 14.4. The van der Waals surface area contributed by atoms with Crippen LogP contribution in [0.15, 0.2) is 45.8 Å². The highest BCUT2D eigenvalue weighted by molar-refractivity contribution is 6.29. The van der Waals surface area contributed by atoms with E-state index < -0.39 is 5.92 Å². The van der Waals surface area contributed by atoms with Gasteiger partial charge in [-0.05, 0) is 38.1 Å². The maximum absolute atomic E-state index is 13.3. The first-order valence-corrected chi connectivity index (χ1v) is 9.71. The molecular formula is C21H16ClN5O3. The standard InChI is InChI=1S/C21H16ClN5O3/c1-10-3-4-15-13(7-10)20(29)14(9-30-15)12-8-18(28)23-21-19(12)11(2)26-27(21)17-6-5-16(22)24-25-17/h3-7,9,12H,8H2,1-2H3,(H,23,28)/t12-/m1/s1. The van der Waals surface area contributed by atoms with Gasteiger partial charge in [-0.15, -0.1) is 10.2 Å². The SMILES string of the molecule is Cc1ccc2occ([C@H]3CC(=O)Nc4c3c(C)nn4-c3ccc(Cl)nn3)c(=O)c2c1. The fraction of sp³-hybridized carbons (Fsp3) is 0.190. The molecule has 1 atom stereocenters. The number of carbonyl (C=O) groups excluding carboxylic acids is 1. The van der Waals surface area contributed by atoms with Crippen molar-refractivity contribution in [3.63, 3.8) is 0 Å². The molecule has 0 saturated carbocycles. The Bertz CT molecular complexity index is 1370. The number of hydrogen-bond donors (Lipinski definition) is 1. The van der Waals surface area contributed by atoms with Crippen LogP contribution in [-0.2, 0) is 4.79 Å². The van der Waals surface area contributed by atoms with Crippen LogP contribution in [0, 0.1) is 13.8 Å². The van der Waals surface area contributed by atoms with Crippen LogP contribution in [0.2, 0.25) is 5.15 Å². The number of benzene rings is 1. The summed E-state index contributed by atoms with van der Waals surface area (Å²) in [5.74, 6) is 0.170. The smallest absolute Gasteiger partial charge is 0.226 e. The summed E-state index contributed by atoms with van der Waals surface area (Å²) in [7, 11) is 0. The molecule has 0 unspecified atom stereocenters. The second kappa shape index (κ2) is 6.77. The van der Waals surface area contributed by atoms with Crippen LogP contribution in [0.5, 0.6) is 0 Å². The maximum atomic E-state index is 13.3. The van der Waals surface area contributed by atoms with E-state index in [0.29, 0.717) is 33.9 Å². The van der Waals surface area contributed by atoms with E-state index in [4.69, 9.17) is 16.0 Å². The minimum atomic E-state index is -0.482. The lowest BCUT2D eigenvalue weighted by molar-refractivity contribution is -0.116. The molecular weight excluding hydrogens is 406 g/mol. The minimum Gasteiger partial charge on any atom is -0.464 e. The molecule has 0 bridgehead atoms. The molecule has 30 heavy (non-hydrogen) atoms. The monoisotopic (exact) mass is 421 g/mol. The third-order valence-corrected chi connectivity index (χ3v) is 5.47. The summed E-state index contributed by atoms with van der Waals surface area (Å²) in [5.41, 5.74) is 3.18. The number of amides is 1. The molecule has 150 valence electrons. The van der Waals surface area contributed by atoms with Gasteiger partial charge in [0.05, 0.1) is 17.3 Å². The number of halogens is 1. The van der Waals surface area contributed by atoms with Gasteiger partial charge in [-0.25, -0.2) is 0 Å². The predicted octanol–water partition coefficient (Wildman–Crippen LogP) is 3.51. The molecule has 1 amide bonds. The lowest BCUT2D eigenvalue weighted by atomic mass is 9.86. The van der Waals surface area contributed by atoms with E-state index >= 15 is 0 Å². The first-order valence-electron chi connectivity index (χ1n) is 9.33. The highest BCUT2D eigenvalue weighted by Gasteiger charge is 2.34. The Morgan fingerprint density at radius 2 is 2.00 bits per heavy atom. The molecule has 4 aromatic rings. The van der Waals surface area contributed by atoms with Crippen LogP contribution in [-0.4, -0.2) is 25.9 Å². The summed E-state index contributed by atoms with van der Waals surface area (Å²) < 4.78 is 7.24. The lowest BCUT2D eigenvalue weighted by Crippen LogP contribution is -2.27. The van der Waals surface area contributed by atoms with Crippen molar-refractivity contribution < 1.29 is 9.21 Å². The minimum absolute atomic E-state index is 0.119. The zero-order valence-electron chi connectivity index (χ0n) is 16.1. The van der Waals surface area contributed by atoms with Crippen LogP contribution in [0.3, 0.4) is 0 Å². The van der Waals surface area contributed by atoms with Crippen LogP contribution >= 0.6 is 11.6 Å². The number of aryl methyl sites for hydroxylation is 2. The average Bonchev–Trinajstić information content (AvgIpc) is 3.05. The zero-order valence-corrected chi connectivity index (χ0v) is 16.9. The van der Waals surface area contributed by atoms with Crippen molar-refractivity contribution in [3.8, 4) is 5.82 Å². The number of fused-ring (bicyclic) bond motifs is 2. The lowest BCUT2D eigenvalue weighted by Gasteiger charge is -2.23. The maximum Gasteiger partial charge on any atom is 0.226 e. The summed E-state index contributed by atoms with van der Waals surface area (Å²) in [6.45, 7) is 3.75. The van der Waals surface area contributed by atoms with E-state index in [1.165, 1.54) is 10.9 Å². The summed E-state index contributed by atoms with van der Waals surface area (Å²) in [6.07, 6.45) is 1.57. The van der Waals surface area contributed by atoms with Gasteiger partial charge < -0.3 is 9.73 Å². The normalized spacial score (nSPS) is 15.8. The van der Waals surface area contributed by atoms with Crippen LogP contribution in [0.1, 0.15) is 34.7 Å². The number of nitrogens with zero attached hydrogens (tertiary/aromatic N) is 4. The summed E-state index contributed by atoms with van der Waals surface area (Å²) in [6, 6.07) is 8.71. The summed E-state index contributed by atoms with van der Waals surface area (Å²) in [4.78, 5) is 25.8. The molecule has 0 saturated heterocycles. The fourth-order valence-electron chi connectivity index (χ4n) is 3.90. The second-order valence-electron chi connectivity index (χ2n) is 7.30. The van der Waals surface area contributed by atoms with Gasteiger partial charge in [-0.3, -0.25) is 9.59 Å². The molecule has 3 aromatic heterocycles. The predicted molar refractivity (Wildman–Crippen MR) is 111 cm³/mol. The van der Waals surface area contributed by atoms with Gasteiger partial charge in [-0.1, -0.05) is 23.2 Å². The highest BCUT2D eigenvalue weighted by Crippen LogP contribution is 2.39. The molecule has 0 aliphatic carbocycles. The van der Waals surface area contributed by atoms with Crippen molar-refractivity contribution >= 4 is 34.3 Å². The Morgan fingerprint density at radius 3 is 2.77 bits per heavy atom. The molecule has 9 heteroatoms. The third kappa shape index (κ3) is 2.88. The fourth-order valence-corrected chi connectivity index (χ4v) is 4.00. The average molecular weight is 422 g/mol. The first kappa shape index (κ1) is 18.5. The van der Waals surface area contributed by atoms with Gasteiger partial charge in [0.1, 0.15) is 11.4 Å². The molecule has 1 aromatic carbocycles. The Hall–Kier alpha value is -3.52. The molecule has 1 aliphatic heterocycles. The molecule has 8 nitrogen and oxygen atoms in total. The second-order valence-corrected chi connectivity index (χ2v) is 7.69. The summed E-state index contributed by atoms with van der Waals surface area (Å²) >= 11 is 5.83. The van der Waals surface area contributed by atoms with Crippen molar-refractivity contribution in [3.05, 3.63) is 74.4 Å². The number of hydrogen-bond acceptors (Lipinski definition) is 6. The Kier molecular flexibility index (Phi) is 4.18. The zero-order chi connectivity index (χ0) is 21.0. The van der Waals surface area contributed by atoms with E-state index in [2.05, 4.69) is 20.6 Å².